The number of benzene rings is 1. The van der Waals surface area contributed by atoms with E-state index in [0.717, 1.165) is 6.20 Å². The third-order valence-corrected chi connectivity index (χ3v) is 2.70. The van der Waals surface area contributed by atoms with Crippen LogP contribution in [0.15, 0.2) is 42.7 Å². The fourth-order valence-corrected chi connectivity index (χ4v) is 1.86. The lowest BCUT2D eigenvalue weighted by atomic mass is 10.00. The van der Waals surface area contributed by atoms with E-state index >= 15 is 0 Å². The van der Waals surface area contributed by atoms with Gasteiger partial charge in [0.1, 0.15) is 11.6 Å². The van der Waals surface area contributed by atoms with Crippen LogP contribution in [-0.2, 0) is 0 Å². The number of hydrogen-bond acceptors (Lipinski definition) is 4. The van der Waals surface area contributed by atoms with Crippen LogP contribution in [0.5, 0.6) is 5.75 Å². The lowest BCUT2D eigenvalue weighted by Crippen LogP contribution is -2.29. The molecule has 0 aliphatic rings. The number of nitrogens with zero attached hydrogens (tertiary/aromatic N) is 1. The summed E-state index contributed by atoms with van der Waals surface area (Å²) in [6, 6.07) is 6.67. The van der Waals surface area contributed by atoms with E-state index in [1.54, 1.807) is 6.07 Å². The Morgan fingerprint density at radius 2 is 2.05 bits per heavy atom. The maximum atomic E-state index is 13.7. The first-order valence-corrected chi connectivity index (χ1v) is 5.72. The second-order valence-corrected chi connectivity index (χ2v) is 3.95. The minimum Gasteiger partial charge on any atom is -0.435 e. The van der Waals surface area contributed by atoms with E-state index in [1.165, 1.54) is 30.5 Å². The first kappa shape index (κ1) is 14.3. The molecular formula is C13H12F3N3O. The van der Waals surface area contributed by atoms with Gasteiger partial charge in [-0.25, -0.2) is 9.82 Å². The molecule has 1 unspecified atom stereocenters. The molecule has 2 aromatic rings. The number of rotatable bonds is 5. The molecule has 4 nitrogen and oxygen atoms in total. The van der Waals surface area contributed by atoms with E-state index in [9.17, 15) is 13.2 Å². The van der Waals surface area contributed by atoms with Crippen LogP contribution in [-0.4, -0.2) is 11.6 Å². The maximum absolute atomic E-state index is 13.7. The highest BCUT2D eigenvalue weighted by Crippen LogP contribution is 2.26. The average molecular weight is 283 g/mol. The van der Waals surface area contributed by atoms with E-state index in [0.29, 0.717) is 5.56 Å². The van der Waals surface area contributed by atoms with Crippen molar-refractivity contribution in [3.05, 3.63) is 59.7 Å². The van der Waals surface area contributed by atoms with Gasteiger partial charge in [0.05, 0.1) is 12.2 Å². The number of ether oxygens (including phenoxy) is 1. The molecule has 1 heterocycles. The molecule has 1 atom stereocenters. The molecule has 0 amide bonds. The first-order chi connectivity index (χ1) is 9.61. The van der Waals surface area contributed by atoms with Gasteiger partial charge in [0.2, 0.25) is 0 Å². The molecule has 1 aromatic heterocycles. The zero-order valence-electron chi connectivity index (χ0n) is 10.3. The van der Waals surface area contributed by atoms with E-state index in [1.807, 2.05) is 0 Å². The molecule has 0 bridgehead atoms. The second-order valence-electron chi connectivity index (χ2n) is 3.95. The maximum Gasteiger partial charge on any atom is 0.387 e. The minimum atomic E-state index is -2.92. The van der Waals surface area contributed by atoms with Gasteiger partial charge in [0.25, 0.3) is 0 Å². The number of alkyl halides is 2. The number of nitrogens with two attached hydrogens (primary N) is 1. The fraction of sp³-hybridized carbons (Fsp3) is 0.154. The van der Waals surface area contributed by atoms with E-state index in [2.05, 4.69) is 15.1 Å². The summed E-state index contributed by atoms with van der Waals surface area (Å²) in [5.41, 5.74) is 3.20. The van der Waals surface area contributed by atoms with Gasteiger partial charge >= 0.3 is 6.61 Å². The number of hydrazine groups is 1. The minimum absolute atomic E-state index is 0.0211. The molecule has 1 aromatic carbocycles. The lowest BCUT2D eigenvalue weighted by molar-refractivity contribution is -0.0498. The molecule has 0 aliphatic carbocycles. The summed E-state index contributed by atoms with van der Waals surface area (Å²) in [5, 5.41) is 0. The number of pyridine rings is 1. The Balaban J connectivity index is 2.35. The van der Waals surface area contributed by atoms with Crippen LogP contribution < -0.4 is 16.0 Å². The third-order valence-electron chi connectivity index (χ3n) is 2.70. The molecule has 0 fully saturated rings. The van der Waals surface area contributed by atoms with Crippen molar-refractivity contribution in [2.45, 2.75) is 12.7 Å². The Hall–Kier alpha value is -2.12. The largest absolute Gasteiger partial charge is 0.435 e. The summed E-state index contributed by atoms with van der Waals surface area (Å²) < 4.78 is 42.4. The molecule has 0 radical (unpaired) electrons. The topological polar surface area (TPSA) is 60.2 Å². The van der Waals surface area contributed by atoms with Crippen molar-refractivity contribution in [2.75, 3.05) is 0 Å². The van der Waals surface area contributed by atoms with Gasteiger partial charge in [-0.2, -0.15) is 8.78 Å². The predicted octanol–water partition coefficient (Wildman–Crippen LogP) is 2.37. The van der Waals surface area contributed by atoms with Gasteiger partial charge in [-0.1, -0.05) is 12.1 Å². The Morgan fingerprint density at radius 3 is 2.70 bits per heavy atom. The van der Waals surface area contributed by atoms with Crippen molar-refractivity contribution in [3.63, 3.8) is 0 Å². The normalized spacial score (nSPS) is 12.4. The Morgan fingerprint density at radius 1 is 1.25 bits per heavy atom. The van der Waals surface area contributed by atoms with Crippen molar-refractivity contribution >= 4 is 0 Å². The summed E-state index contributed by atoms with van der Waals surface area (Å²) in [6.07, 6.45) is 2.47. The standard InChI is InChI=1S/C13H12F3N3O/c14-11-7-18-5-4-10(11)12(19-17)8-2-1-3-9(6-8)20-13(15)16/h1-7,12-13,19H,17H2. The molecule has 0 spiro atoms. The van der Waals surface area contributed by atoms with Crippen molar-refractivity contribution in [1.82, 2.24) is 10.4 Å². The number of aromatic nitrogens is 1. The van der Waals surface area contributed by atoms with Gasteiger partial charge in [0, 0.05) is 11.8 Å². The van der Waals surface area contributed by atoms with Crippen LogP contribution in [0, 0.1) is 5.82 Å². The van der Waals surface area contributed by atoms with Gasteiger partial charge in [-0.05, 0) is 23.8 Å². The molecule has 2 rings (SSSR count). The van der Waals surface area contributed by atoms with Crippen molar-refractivity contribution in [1.29, 1.82) is 0 Å². The second kappa shape index (κ2) is 6.36. The highest BCUT2D eigenvalue weighted by molar-refractivity contribution is 5.36. The summed E-state index contributed by atoms with van der Waals surface area (Å²) in [4.78, 5) is 3.64. The fourth-order valence-electron chi connectivity index (χ4n) is 1.86. The predicted molar refractivity (Wildman–Crippen MR) is 66.4 cm³/mol. The molecule has 0 saturated carbocycles. The van der Waals surface area contributed by atoms with Crippen LogP contribution in [0.2, 0.25) is 0 Å². The third kappa shape index (κ3) is 3.25. The Bertz CT molecular complexity index is 580. The van der Waals surface area contributed by atoms with Crippen LogP contribution in [0.1, 0.15) is 17.2 Å². The van der Waals surface area contributed by atoms with Gasteiger partial charge < -0.3 is 4.74 Å². The SMILES string of the molecule is NNC(c1cccc(OC(F)F)c1)c1ccncc1F. The molecule has 7 heteroatoms. The molecule has 106 valence electrons. The van der Waals surface area contributed by atoms with Crippen molar-refractivity contribution in [3.8, 4) is 5.75 Å². The first-order valence-electron chi connectivity index (χ1n) is 5.72. The molecule has 20 heavy (non-hydrogen) atoms. The van der Waals surface area contributed by atoms with Crippen molar-refractivity contribution in [2.24, 2.45) is 5.84 Å². The van der Waals surface area contributed by atoms with Crippen LogP contribution in [0.4, 0.5) is 13.2 Å². The van der Waals surface area contributed by atoms with Gasteiger partial charge in [0.15, 0.2) is 0 Å². The Labute approximate surface area is 113 Å². The summed E-state index contributed by atoms with van der Waals surface area (Å²) in [7, 11) is 0. The molecular weight excluding hydrogens is 271 g/mol. The zero-order chi connectivity index (χ0) is 14.5. The Kier molecular flexibility index (Phi) is 4.54. The van der Waals surface area contributed by atoms with E-state index in [-0.39, 0.29) is 11.3 Å². The number of nitrogens with one attached hydrogen (secondary N) is 1. The summed E-state index contributed by atoms with van der Waals surface area (Å²) >= 11 is 0. The molecule has 0 saturated heterocycles. The van der Waals surface area contributed by atoms with E-state index < -0.39 is 18.5 Å². The van der Waals surface area contributed by atoms with E-state index in [4.69, 9.17) is 5.84 Å². The summed E-state index contributed by atoms with van der Waals surface area (Å²) in [6.45, 7) is -2.92. The highest BCUT2D eigenvalue weighted by atomic mass is 19.3. The average Bonchev–Trinajstić information content (AvgIpc) is 2.41. The smallest absolute Gasteiger partial charge is 0.387 e. The van der Waals surface area contributed by atoms with Gasteiger partial charge in [-0.15, -0.1) is 0 Å². The van der Waals surface area contributed by atoms with Crippen LogP contribution in [0.25, 0.3) is 0 Å². The highest BCUT2D eigenvalue weighted by Gasteiger charge is 2.17. The van der Waals surface area contributed by atoms with Crippen molar-refractivity contribution < 1.29 is 17.9 Å². The molecule has 3 N–H and O–H groups in total. The number of hydrogen-bond donors (Lipinski definition) is 2. The zero-order valence-corrected chi connectivity index (χ0v) is 10.3. The summed E-state index contributed by atoms with van der Waals surface area (Å²) in [5.74, 6) is 4.86. The van der Waals surface area contributed by atoms with Gasteiger partial charge in [-0.3, -0.25) is 10.8 Å². The molecule has 0 aliphatic heterocycles. The van der Waals surface area contributed by atoms with Crippen LogP contribution >= 0.6 is 0 Å². The van der Waals surface area contributed by atoms with Crippen LogP contribution in [0.3, 0.4) is 0 Å². The lowest BCUT2D eigenvalue weighted by Gasteiger charge is -2.18. The number of halogens is 3. The quantitative estimate of drug-likeness (QED) is 0.653. The monoisotopic (exact) mass is 283 g/mol.